The highest BCUT2D eigenvalue weighted by Crippen LogP contribution is 2.30. The van der Waals surface area contributed by atoms with Crippen molar-refractivity contribution in [1.82, 2.24) is 15.1 Å². The van der Waals surface area contributed by atoms with Crippen molar-refractivity contribution in [2.75, 3.05) is 6.54 Å². The van der Waals surface area contributed by atoms with Gasteiger partial charge in [-0.05, 0) is 40.3 Å². The lowest BCUT2D eigenvalue weighted by molar-refractivity contribution is 0.558. The first-order valence-corrected chi connectivity index (χ1v) is 7.35. The molecule has 1 atom stereocenters. The smallest absolute Gasteiger partial charge is 0.0853 e. The predicted molar refractivity (Wildman–Crippen MR) is 75.4 cm³/mol. The van der Waals surface area contributed by atoms with Gasteiger partial charge in [0.25, 0.3) is 0 Å². The van der Waals surface area contributed by atoms with Crippen LogP contribution in [0.15, 0.2) is 28.2 Å². The molecule has 2 aromatic heterocycles. The zero-order chi connectivity index (χ0) is 12.3. The second kappa shape index (κ2) is 5.80. The molecule has 92 valence electrons. The molecule has 2 rings (SSSR count). The number of aromatic nitrogens is 2. The topological polar surface area (TPSA) is 29.9 Å². The highest BCUT2D eigenvalue weighted by atomic mass is 79.9. The maximum absolute atomic E-state index is 4.29. The first kappa shape index (κ1) is 12.8. The lowest BCUT2D eigenvalue weighted by Crippen LogP contribution is -2.24. The number of halogens is 1. The Morgan fingerprint density at radius 3 is 2.94 bits per heavy atom. The van der Waals surface area contributed by atoms with E-state index in [4.69, 9.17) is 0 Å². The zero-order valence-corrected chi connectivity index (χ0v) is 12.4. The summed E-state index contributed by atoms with van der Waals surface area (Å²) in [6.45, 7) is 3.18. The molecule has 17 heavy (non-hydrogen) atoms. The van der Waals surface area contributed by atoms with Crippen molar-refractivity contribution in [3.05, 3.63) is 38.8 Å². The Morgan fingerprint density at radius 2 is 2.41 bits per heavy atom. The Kier molecular flexibility index (Phi) is 4.36. The number of hydrogen-bond acceptors (Lipinski definition) is 3. The molecule has 0 spiro atoms. The number of nitrogens with zero attached hydrogens (tertiary/aromatic N) is 2. The van der Waals surface area contributed by atoms with Crippen molar-refractivity contribution in [1.29, 1.82) is 0 Å². The maximum Gasteiger partial charge on any atom is 0.0853 e. The molecule has 1 unspecified atom stereocenters. The van der Waals surface area contributed by atoms with Crippen molar-refractivity contribution in [2.24, 2.45) is 7.05 Å². The number of aryl methyl sites for hydroxylation is 1. The maximum atomic E-state index is 4.29. The average molecular weight is 314 g/mol. The highest BCUT2D eigenvalue weighted by molar-refractivity contribution is 9.10. The molecule has 5 heteroatoms. The van der Waals surface area contributed by atoms with E-state index >= 15 is 0 Å². The van der Waals surface area contributed by atoms with Crippen LogP contribution < -0.4 is 5.32 Å². The van der Waals surface area contributed by atoms with Gasteiger partial charge in [0.2, 0.25) is 0 Å². The quantitative estimate of drug-likeness (QED) is 0.917. The largest absolute Gasteiger partial charge is 0.304 e. The molecule has 0 aliphatic carbocycles. The Balaban J connectivity index is 2.33. The molecule has 0 saturated heterocycles. The van der Waals surface area contributed by atoms with Crippen molar-refractivity contribution in [3.8, 4) is 0 Å². The van der Waals surface area contributed by atoms with Crippen LogP contribution in [0.2, 0.25) is 0 Å². The summed E-state index contributed by atoms with van der Waals surface area (Å²) in [4.78, 5) is 1.32. The summed E-state index contributed by atoms with van der Waals surface area (Å²) < 4.78 is 2.99. The Morgan fingerprint density at radius 1 is 1.59 bits per heavy atom. The minimum absolute atomic E-state index is 0.219. The lowest BCUT2D eigenvalue weighted by Gasteiger charge is -2.18. The highest BCUT2D eigenvalue weighted by Gasteiger charge is 2.20. The molecule has 0 radical (unpaired) electrons. The van der Waals surface area contributed by atoms with Crippen LogP contribution in [0.3, 0.4) is 0 Å². The van der Waals surface area contributed by atoms with Crippen LogP contribution in [0.1, 0.15) is 30.0 Å². The summed E-state index contributed by atoms with van der Waals surface area (Å²) in [5, 5.41) is 9.98. The van der Waals surface area contributed by atoms with Crippen LogP contribution in [0.25, 0.3) is 0 Å². The third-order valence-corrected chi connectivity index (χ3v) is 4.19. The van der Waals surface area contributed by atoms with Crippen molar-refractivity contribution in [2.45, 2.75) is 19.4 Å². The number of nitrogens with one attached hydrogen (secondary N) is 1. The lowest BCUT2D eigenvalue weighted by atomic mass is 10.1. The van der Waals surface area contributed by atoms with Gasteiger partial charge in [0, 0.05) is 11.9 Å². The molecule has 0 amide bonds. The van der Waals surface area contributed by atoms with Gasteiger partial charge < -0.3 is 5.32 Å². The van der Waals surface area contributed by atoms with Crippen LogP contribution in [-0.4, -0.2) is 16.3 Å². The Hall–Kier alpha value is -0.650. The van der Waals surface area contributed by atoms with Crippen molar-refractivity contribution in [3.63, 3.8) is 0 Å². The molecule has 0 fully saturated rings. The molecule has 0 aliphatic rings. The molecule has 0 bridgehead atoms. The van der Waals surface area contributed by atoms with Crippen LogP contribution in [0, 0.1) is 0 Å². The molecule has 2 aromatic rings. The molecule has 0 saturated carbocycles. The second-order valence-electron chi connectivity index (χ2n) is 3.90. The number of thiophene rings is 1. The van der Waals surface area contributed by atoms with Crippen LogP contribution in [-0.2, 0) is 7.05 Å². The first-order chi connectivity index (χ1) is 8.24. The molecule has 2 heterocycles. The summed E-state index contributed by atoms with van der Waals surface area (Å²) in [5.41, 5.74) is 1.18. The third kappa shape index (κ3) is 2.78. The van der Waals surface area contributed by atoms with Gasteiger partial charge in [-0.3, -0.25) is 4.68 Å². The Labute approximate surface area is 114 Å². The predicted octanol–water partition coefficient (Wildman–Crippen LogP) is 3.33. The monoisotopic (exact) mass is 313 g/mol. The van der Waals surface area contributed by atoms with Crippen LogP contribution in [0.5, 0.6) is 0 Å². The van der Waals surface area contributed by atoms with E-state index in [0.717, 1.165) is 17.4 Å². The normalized spacial score (nSPS) is 12.9. The molecule has 1 N–H and O–H groups in total. The molecule has 0 aliphatic heterocycles. The SMILES string of the molecule is CCCNC(c1cccs1)c1c(Br)cnn1C. The van der Waals surface area contributed by atoms with E-state index in [2.05, 4.69) is 50.8 Å². The summed E-state index contributed by atoms with van der Waals surface area (Å²) in [5.74, 6) is 0. The number of hydrogen-bond donors (Lipinski definition) is 1. The third-order valence-electron chi connectivity index (χ3n) is 2.64. The molecular weight excluding hydrogens is 298 g/mol. The van der Waals surface area contributed by atoms with Gasteiger partial charge in [0.05, 0.1) is 22.4 Å². The van der Waals surface area contributed by atoms with E-state index < -0.39 is 0 Å². The van der Waals surface area contributed by atoms with Crippen molar-refractivity contribution >= 4 is 27.3 Å². The zero-order valence-electron chi connectivity index (χ0n) is 9.98. The fourth-order valence-corrected chi connectivity index (χ4v) is 3.20. The van der Waals surface area contributed by atoms with E-state index in [-0.39, 0.29) is 6.04 Å². The van der Waals surface area contributed by atoms with Gasteiger partial charge in [0.15, 0.2) is 0 Å². The van der Waals surface area contributed by atoms with E-state index in [1.165, 1.54) is 10.6 Å². The van der Waals surface area contributed by atoms with Gasteiger partial charge >= 0.3 is 0 Å². The summed E-state index contributed by atoms with van der Waals surface area (Å²) >= 11 is 5.35. The first-order valence-electron chi connectivity index (χ1n) is 5.68. The number of rotatable bonds is 5. The standard InChI is InChI=1S/C12H16BrN3S/c1-3-6-14-11(10-5-4-7-17-10)12-9(13)8-15-16(12)2/h4-5,7-8,11,14H,3,6H2,1-2H3. The van der Waals surface area contributed by atoms with E-state index in [1.807, 2.05) is 17.9 Å². The van der Waals surface area contributed by atoms with Gasteiger partial charge in [-0.25, -0.2) is 0 Å². The van der Waals surface area contributed by atoms with Gasteiger partial charge in [-0.15, -0.1) is 11.3 Å². The summed E-state index contributed by atoms with van der Waals surface area (Å²) in [6.07, 6.45) is 2.97. The summed E-state index contributed by atoms with van der Waals surface area (Å²) in [6, 6.07) is 4.47. The van der Waals surface area contributed by atoms with E-state index in [0.29, 0.717) is 0 Å². The van der Waals surface area contributed by atoms with Crippen molar-refractivity contribution < 1.29 is 0 Å². The van der Waals surface area contributed by atoms with Crippen LogP contribution >= 0.6 is 27.3 Å². The summed E-state index contributed by atoms with van der Waals surface area (Å²) in [7, 11) is 1.98. The van der Waals surface area contributed by atoms with E-state index in [1.54, 1.807) is 11.3 Å². The minimum atomic E-state index is 0.219. The fraction of sp³-hybridized carbons (Fsp3) is 0.417. The Bertz CT molecular complexity index is 445. The molecule has 0 aromatic carbocycles. The van der Waals surface area contributed by atoms with Gasteiger partial charge in [0.1, 0.15) is 0 Å². The average Bonchev–Trinajstić information content (AvgIpc) is 2.93. The van der Waals surface area contributed by atoms with E-state index in [9.17, 15) is 0 Å². The molecule has 3 nitrogen and oxygen atoms in total. The minimum Gasteiger partial charge on any atom is -0.304 e. The molecular formula is C12H16BrN3S. The van der Waals surface area contributed by atoms with Gasteiger partial charge in [-0.2, -0.15) is 5.10 Å². The second-order valence-corrected chi connectivity index (χ2v) is 5.74. The van der Waals surface area contributed by atoms with Crippen LogP contribution in [0.4, 0.5) is 0 Å². The fourth-order valence-electron chi connectivity index (χ4n) is 1.82. The van der Waals surface area contributed by atoms with Gasteiger partial charge in [-0.1, -0.05) is 13.0 Å².